The van der Waals surface area contributed by atoms with Crippen LogP contribution in [0.3, 0.4) is 0 Å². The first-order valence-electron chi connectivity index (χ1n) is 11.3. The first-order chi connectivity index (χ1) is 14.8. The number of nitrogens with zero attached hydrogens (tertiary/aromatic N) is 3. The predicted octanol–water partition coefficient (Wildman–Crippen LogP) is 2.59. The number of guanidine groups is 1. The van der Waals surface area contributed by atoms with E-state index in [1.165, 1.54) is 11.3 Å². The number of nitrogens with one attached hydrogen (secondary N) is 2. The highest BCUT2D eigenvalue weighted by atomic mass is 16.6. The number of ether oxygens (including phenoxy) is 2. The van der Waals surface area contributed by atoms with Crippen LogP contribution in [0.25, 0.3) is 0 Å². The monoisotopic (exact) mass is 431 g/mol. The molecule has 2 aliphatic heterocycles. The molecule has 0 aliphatic carbocycles. The molecule has 0 aromatic heterocycles. The van der Waals surface area contributed by atoms with Gasteiger partial charge in [0.25, 0.3) is 0 Å². The van der Waals surface area contributed by atoms with Gasteiger partial charge >= 0.3 is 6.09 Å². The number of hydrogen-bond acceptors (Lipinski definition) is 5. The van der Waals surface area contributed by atoms with Crippen molar-refractivity contribution >= 4 is 17.7 Å². The molecule has 8 heteroatoms. The lowest BCUT2D eigenvalue weighted by Crippen LogP contribution is -2.44. The van der Waals surface area contributed by atoms with Crippen LogP contribution < -0.4 is 15.5 Å². The molecule has 31 heavy (non-hydrogen) atoms. The van der Waals surface area contributed by atoms with E-state index >= 15 is 0 Å². The Hall–Kier alpha value is -2.48. The quantitative estimate of drug-likeness (QED) is 0.551. The zero-order valence-electron chi connectivity index (χ0n) is 19.3. The topological polar surface area (TPSA) is 78.4 Å². The summed E-state index contributed by atoms with van der Waals surface area (Å²) < 4.78 is 10.8. The number of amides is 1. The minimum Gasteiger partial charge on any atom is -0.444 e. The van der Waals surface area contributed by atoms with Crippen LogP contribution in [0, 0.1) is 0 Å². The van der Waals surface area contributed by atoms with Crippen LogP contribution in [-0.4, -0.2) is 74.5 Å². The molecule has 3 rings (SSSR count). The number of rotatable bonds is 5. The van der Waals surface area contributed by atoms with E-state index in [0.29, 0.717) is 6.54 Å². The molecular weight excluding hydrogens is 394 g/mol. The number of aliphatic imine (C=N–C) groups is 1. The van der Waals surface area contributed by atoms with Gasteiger partial charge in [-0.25, -0.2) is 9.79 Å². The van der Waals surface area contributed by atoms with Gasteiger partial charge in [-0.05, 0) is 51.8 Å². The van der Waals surface area contributed by atoms with Crippen LogP contribution in [0.5, 0.6) is 0 Å². The van der Waals surface area contributed by atoms with Gasteiger partial charge in [0, 0.05) is 38.4 Å². The Bertz CT molecular complexity index is 739. The number of carbonyl (C=O) groups is 1. The molecule has 2 N–H and O–H groups in total. The Morgan fingerprint density at radius 2 is 1.90 bits per heavy atom. The molecule has 0 saturated carbocycles. The first-order valence-corrected chi connectivity index (χ1v) is 11.3. The van der Waals surface area contributed by atoms with Crippen LogP contribution in [0.4, 0.5) is 10.5 Å². The molecule has 2 heterocycles. The van der Waals surface area contributed by atoms with Gasteiger partial charge in [-0.3, -0.25) is 0 Å². The Balaban J connectivity index is 1.54. The summed E-state index contributed by atoms with van der Waals surface area (Å²) in [4.78, 5) is 21.4. The van der Waals surface area contributed by atoms with E-state index in [1.54, 1.807) is 0 Å². The summed E-state index contributed by atoms with van der Waals surface area (Å²) in [7, 11) is 0. The number of likely N-dealkylation sites (tertiary alicyclic amines) is 1. The fraction of sp³-hybridized carbons (Fsp3) is 0.652. The summed E-state index contributed by atoms with van der Waals surface area (Å²) in [5.74, 6) is 0.883. The number of benzene rings is 1. The SMILES string of the molecule is CCNC(=NCc1ccc(N2CCOCC2)cc1)N1CCC(NC(=O)OC(C)(C)C)C1. The molecule has 1 unspecified atom stereocenters. The van der Waals surface area contributed by atoms with Crippen LogP contribution in [0.1, 0.15) is 39.7 Å². The highest BCUT2D eigenvalue weighted by Gasteiger charge is 2.27. The molecular formula is C23H37N5O3. The Morgan fingerprint density at radius 1 is 1.19 bits per heavy atom. The van der Waals surface area contributed by atoms with E-state index in [1.807, 2.05) is 20.8 Å². The van der Waals surface area contributed by atoms with Crippen molar-refractivity contribution in [2.24, 2.45) is 4.99 Å². The third-order valence-corrected chi connectivity index (χ3v) is 5.27. The maximum absolute atomic E-state index is 12.1. The predicted molar refractivity (Wildman–Crippen MR) is 124 cm³/mol. The van der Waals surface area contributed by atoms with Crippen LogP contribution >= 0.6 is 0 Å². The molecule has 0 radical (unpaired) electrons. The number of hydrogen-bond donors (Lipinski definition) is 2. The molecule has 1 aromatic carbocycles. The summed E-state index contributed by atoms with van der Waals surface area (Å²) in [5.41, 5.74) is 1.92. The van der Waals surface area contributed by atoms with E-state index in [9.17, 15) is 4.79 Å². The van der Waals surface area contributed by atoms with Gasteiger partial charge in [0.1, 0.15) is 5.60 Å². The van der Waals surface area contributed by atoms with Crippen molar-refractivity contribution in [2.45, 2.75) is 52.3 Å². The van der Waals surface area contributed by atoms with Crippen molar-refractivity contribution in [1.82, 2.24) is 15.5 Å². The van der Waals surface area contributed by atoms with Gasteiger partial charge < -0.3 is 29.9 Å². The molecule has 1 amide bonds. The van der Waals surface area contributed by atoms with Gasteiger partial charge in [-0.15, -0.1) is 0 Å². The standard InChI is InChI=1S/C23H37N5O3/c1-5-24-21(28-11-10-19(17-28)26-22(29)31-23(2,3)4)25-16-18-6-8-20(9-7-18)27-12-14-30-15-13-27/h6-9,19H,5,10-17H2,1-4H3,(H,24,25)(H,26,29). The van der Waals surface area contributed by atoms with Gasteiger partial charge in [0.15, 0.2) is 5.96 Å². The Morgan fingerprint density at radius 3 is 2.55 bits per heavy atom. The maximum Gasteiger partial charge on any atom is 0.407 e. The van der Waals surface area contributed by atoms with E-state index in [2.05, 4.69) is 51.6 Å². The van der Waals surface area contributed by atoms with Crippen molar-refractivity contribution in [1.29, 1.82) is 0 Å². The van der Waals surface area contributed by atoms with Crippen molar-refractivity contribution < 1.29 is 14.3 Å². The molecule has 1 aromatic rings. The second-order valence-electron chi connectivity index (χ2n) is 9.01. The molecule has 0 bridgehead atoms. The lowest BCUT2D eigenvalue weighted by molar-refractivity contribution is 0.0507. The molecule has 8 nitrogen and oxygen atoms in total. The molecule has 1 atom stereocenters. The second-order valence-corrected chi connectivity index (χ2v) is 9.01. The van der Waals surface area contributed by atoms with E-state index in [4.69, 9.17) is 14.5 Å². The van der Waals surface area contributed by atoms with Crippen molar-refractivity contribution in [3.05, 3.63) is 29.8 Å². The summed E-state index contributed by atoms with van der Waals surface area (Å²) >= 11 is 0. The third kappa shape index (κ3) is 7.31. The Labute approximate surface area is 186 Å². The maximum atomic E-state index is 12.1. The lowest BCUT2D eigenvalue weighted by Gasteiger charge is -2.28. The molecule has 2 saturated heterocycles. The fourth-order valence-corrected chi connectivity index (χ4v) is 3.77. The van der Waals surface area contributed by atoms with E-state index < -0.39 is 5.60 Å². The number of carbonyl (C=O) groups excluding carboxylic acids is 1. The number of anilines is 1. The summed E-state index contributed by atoms with van der Waals surface area (Å²) in [6.45, 7) is 14.1. The minimum atomic E-state index is -0.490. The average molecular weight is 432 g/mol. The Kier molecular flexibility index (Phi) is 8.01. The smallest absolute Gasteiger partial charge is 0.407 e. The number of alkyl carbamates (subject to hydrolysis) is 1. The van der Waals surface area contributed by atoms with Crippen LogP contribution in [0.15, 0.2) is 29.3 Å². The third-order valence-electron chi connectivity index (χ3n) is 5.27. The number of morpholine rings is 1. The molecule has 2 aliphatic rings. The first kappa shape index (κ1) is 23.2. The minimum absolute atomic E-state index is 0.0616. The molecule has 172 valence electrons. The van der Waals surface area contributed by atoms with Crippen molar-refractivity contribution in [3.8, 4) is 0 Å². The fourth-order valence-electron chi connectivity index (χ4n) is 3.77. The highest BCUT2D eigenvalue weighted by molar-refractivity contribution is 5.80. The van der Waals surface area contributed by atoms with Crippen LogP contribution in [-0.2, 0) is 16.0 Å². The van der Waals surface area contributed by atoms with Gasteiger partial charge in [0.2, 0.25) is 0 Å². The van der Waals surface area contributed by atoms with Gasteiger partial charge in [-0.1, -0.05) is 12.1 Å². The molecule has 0 spiro atoms. The van der Waals surface area contributed by atoms with Crippen LogP contribution in [0.2, 0.25) is 0 Å². The summed E-state index contributed by atoms with van der Waals surface area (Å²) in [6, 6.07) is 8.69. The normalized spacial score (nSPS) is 20.0. The highest BCUT2D eigenvalue weighted by Crippen LogP contribution is 2.18. The zero-order chi connectivity index (χ0) is 22.3. The van der Waals surface area contributed by atoms with E-state index in [-0.39, 0.29) is 12.1 Å². The largest absolute Gasteiger partial charge is 0.444 e. The lowest BCUT2D eigenvalue weighted by atomic mass is 10.2. The van der Waals surface area contributed by atoms with E-state index in [0.717, 1.165) is 58.3 Å². The van der Waals surface area contributed by atoms with Crippen molar-refractivity contribution in [2.75, 3.05) is 50.8 Å². The second kappa shape index (κ2) is 10.7. The summed E-state index contributed by atoms with van der Waals surface area (Å²) in [6.07, 6.45) is 0.513. The summed E-state index contributed by atoms with van der Waals surface area (Å²) in [5, 5.41) is 6.35. The van der Waals surface area contributed by atoms with Gasteiger partial charge in [0.05, 0.1) is 25.8 Å². The zero-order valence-corrected chi connectivity index (χ0v) is 19.3. The van der Waals surface area contributed by atoms with Crippen molar-refractivity contribution in [3.63, 3.8) is 0 Å². The molecule has 2 fully saturated rings. The average Bonchev–Trinajstić information content (AvgIpc) is 3.19. The van der Waals surface area contributed by atoms with Gasteiger partial charge in [-0.2, -0.15) is 0 Å².